The van der Waals surface area contributed by atoms with E-state index in [2.05, 4.69) is 5.32 Å². The molecule has 16 heavy (non-hydrogen) atoms. The number of rotatable bonds is 2. The Hall–Kier alpha value is -1.71. The fourth-order valence-electron chi connectivity index (χ4n) is 1.87. The van der Waals surface area contributed by atoms with Crippen LogP contribution in [0, 0.1) is 5.92 Å². The average molecular weight is 221 g/mol. The first-order valence-electron chi connectivity index (χ1n) is 5.26. The largest absolute Gasteiger partial charge is 0.497 e. The number of carbonyl (C=O) groups is 1. The van der Waals surface area contributed by atoms with Crippen molar-refractivity contribution < 1.29 is 14.3 Å². The van der Waals surface area contributed by atoms with Crippen molar-refractivity contribution in [1.29, 1.82) is 0 Å². The van der Waals surface area contributed by atoms with Crippen molar-refractivity contribution in [3.05, 3.63) is 23.8 Å². The quantitative estimate of drug-likeness (QED) is 0.810. The molecule has 0 saturated carbocycles. The van der Waals surface area contributed by atoms with Crippen molar-refractivity contribution in [1.82, 2.24) is 5.32 Å². The van der Waals surface area contributed by atoms with Crippen LogP contribution in [-0.4, -0.2) is 26.7 Å². The Labute approximate surface area is 94.6 Å². The molecule has 0 aliphatic carbocycles. The van der Waals surface area contributed by atoms with Gasteiger partial charge in [-0.3, -0.25) is 4.79 Å². The third-order valence-electron chi connectivity index (χ3n) is 2.79. The van der Waals surface area contributed by atoms with Crippen molar-refractivity contribution in [2.75, 3.05) is 20.8 Å². The van der Waals surface area contributed by atoms with Gasteiger partial charge in [-0.2, -0.15) is 0 Å². The normalized spacial score (nSPS) is 18.2. The minimum Gasteiger partial charge on any atom is -0.497 e. The van der Waals surface area contributed by atoms with Crippen molar-refractivity contribution in [3.63, 3.8) is 0 Å². The number of hydrogen-bond donors (Lipinski definition) is 1. The summed E-state index contributed by atoms with van der Waals surface area (Å²) in [4.78, 5) is 11.5. The standard InChI is InChI=1S/C12H15NO3/c1-13-12(14)9-5-8-6-10(15-2)3-4-11(8)16-7-9/h3-4,6,9H,5,7H2,1-2H3,(H,13,14). The van der Waals surface area contributed by atoms with Crippen LogP contribution in [0.2, 0.25) is 0 Å². The Morgan fingerprint density at radius 1 is 1.56 bits per heavy atom. The number of carbonyl (C=O) groups excluding carboxylic acids is 1. The molecule has 1 unspecified atom stereocenters. The highest BCUT2D eigenvalue weighted by Gasteiger charge is 2.25. The Bertz CT molecular complexity index is 403. The molecule has 1 aliphatic heterocycles. The van der Waals surface area contributed by atoms with E-state index in [0.717, 1.165) is 17.1 Å². The lowest BCUT2D eigenvalue weighted by Crippen LogP contribution is -2.35. The van der Waals surface area contributed by atoms with Crippen molar-refractivity contribution in [2.45, 2.75) is 6.42 Å². The van der Waals surface area contributed by atoms with E-state index in [1.54, 1.807) is 14.2 Å². The molecular weight excluding hydrogens is 206 g/mol. The van der Waals surface area contributed by atoms with Crippen molar-refractivity contribution in [3.8, 4) is 11.5 Å². The number of ether oxygens (including phenoxy) is 2. The molecular formula is C12H15NO3. The predicted octanol–water partition coefficient (Wildman–Crippen LogP) is 0.992. The number of hydrogen-bond acceptors (Lipinski definition) is 3. The number of amides is 1. The summed E-state index contributed by atoms with van der Waals surface area (Å²) in [7, 11) is 3.27. The molecule has 1 heterocycles. The molecule has 1 amide bonds. The van der Waals surface area contributed by atoms with Crippen LogP contribution in [0.5, 0.6) is 11.5 Å². The topological polar surface area (TPSA) is 47.6 Å². The number of nitrogens with one attached hydrogen (secondary N) is 1. The fraction of sp³-hybridized carbons (Fsp3) is 0.417. The molecule has 1 N–H and O–H groups in total. The Kier molecular flexibility index (Phi) is 2.99. The van der Waals surface area contributed by atoms with Gasteiger partial charge in [-0.1, -0.05) is 0 Å². The molecule has 0 aromatic heterocycles. The Morgan fingerprint density at radius 3 is 3.06 bits per heavy atom. The molecule has 1 aromatic rings. The van der Waals surface area contributed by atoms with Gasteiger partial charge in [0.15, 0.2) is 0 Å². The maximum Gasteiger partial charge on any atom is 0.226 e. The lowest BCUT2D eigenvalue weighted by atomic mass is 9.96. The number of benzene rings is 1. The summed E-state index contributed by atoms with van der Waals surface area (Å²) in [6.07, 6.45) is 0.701. The SMILES string of the molecule is CNC(=O)C1COc2ccc(OC)cc2C1. The van der Waals surface area contributed by atoms with E-state index < -0.39 is 0 Å². The molecule has 1 aliphatic rings. The van der Waals surface area contributed by atoms with Gasteiger partial charge in [0, 0.05) is 7.05 Å². The second-order valence-electron chi connectivity index (χ2n) is 3.80. The minimum absolute atomic E-state index is 0.0217. The predicted molar refractivity (Wildman–Crippen MR) is 59.7 cm³/mol. The lowest BCUT2D eigenvalue weighted by molar-refractivity contribution is -0.125. The molecule has 4 nitrogen and oxygen atoms in total. The van der Waals surface area contributed by atoms with E-state index in [0.29, 0.717) is 13.0 Å². The molecule has 1 aromatic carbocycles. The van der Waals surface area contributed by atoms with Crippen molar-refractivity contribution in [2.24, 2.45) is 5.92 Å². The second-order valence-corrected chi connectivity index (χ2v) is 3.80. The van der Waals surface area contributed by atoms with E-state index in [-0.39, 0.29) is 11.8 Å². The molecule has 0 bridgehead atoms. The molecule has 1 atom stereocenters. The molecule has 0 saturated heterocycles. The van der Waals surface area contributed by atoms with Crippen LogP contribution in [-0.2, 0) is 11.2 Å². The van der Waals surface area contributed by atoms with E-state index >= 15 is 0 Å². The molecule has 0 fully saturated rings. The monoisotopic (exact) mass is 221 g/mol. The maximum absolute atomic E-state index is 11.5. The minimum atomic E-state index is -0.107. The zero-order chi connectivity index (χ0) is 11.5. The van der Waals surface area contributed by atoms with Gasteiger partial charge < -0.3 is 14.8 Å². The van der Waals surface area contributed by atoms with E-state index in [4.69, 9.17) is 9.47 Å². The van der Waals surface area contributed by atoms with E-state index in [9.17, 15) is 4.79 Å². The smallest absolute Gasteiger partial charge is 0.226 e. The zero-order valence-electron chi connectivity index (χ0n) is 9.45. The Morgan fingerprint density at radius 2 is 2.38 bits per heavy atom. The lowest BCUT2D eigenvalue weighted by Gasteiger charge is -2.24. The van der Waals surface area contributed by atoms with E-state index in [1.807, 2.05) is 18.2 Å². The van der Waals surface area contributed by atoms with Crippen LogP contribution in [0.3, 0.4) is 0 Å². The highest BCUT2D eigenvalue weighted by atomic mass is 16.5. The third kappa shape index (κ3) is 1.96. The molecule has 2 rings (SSSR count). The highest BCUT2D eigenvalue weighted by Crippen LogP contribution is 2.30. The molecule has 4 heteroatoms. The van der Waals surface area contributed by atoms with Crippen molar-refractivity contribution >= 4 is 5.91 Å². The summed E-state index contributed by atoms with van der Waals surface area (Å²) in [6.45, 7) is 0.443. The first kappa shape index (κ1) is 10.8. The number of fused-ring (bicyclic) bond motifs is 1. The van der Waals surface area contributed by atoms with Crippen LogP contribution in [0.15, 0.2) is 18.2 Å². The van der Waals surface area contributed by atoms with Crippen LogP contribution in [0.25, 0.3) is 0 Å². The van der Waals surface area contributed by atoms with Crippen LogP contribution >= 0.6 is 0 Å². The second kappa shape index (κ2) is 4.43. The summed E-state index contributed by atoms with van der Waals surface area (Å²) in [5.41, 5.74) is 1.03. The van der Waals surface area contributed by atoms with Crippen LogP contribution < -0.4 is 14.8 Å². The van der Waals surface area contributed by atoms with Gasteiger partial charge >= 0.3 is 0 Å². The van der Waals surface area contributed by atoms with Crippen LogP contribution in [0.1, 0.15) is 5.56 Å². The van der Waals surface area contributed by atoms with Gasteiger partial charge in [-0.15, -0.1) is 0 Å². The summed E-state index contributed by atoms with van der Waals surface area (Å²) < 4.78 is 10.7. The summed E-state index contributed by atoms with van der Waals surface area (Å²) in [5.74, 6) is 1.55. The fourth-order valence-corrected chi connectivity index (χ4v) is 1.87. The van der Waals surface area contributed by atoms with Gasteiger partial charge in [0.1, 0.15) is 18.1 Å². The molecule has 0 radical (unpaired) electrons. The van der Waals surface area contributed by atoms with E-state index in [1.165, 1.54) is 0 Å². The highest BCUT2D eigenvalue weighted by molar-refractivity contribution is 5.79. The van der Waals surface area contributed by atoms with Crippen LogP contribution in [0.4, 0.5) is 0 Å². The van der Waals surface area contributed by atoms with Gasteiger partial charge in [-0.05, 0) is 30.2 Å². The molecule has 0 spiro atoms. The van der Waals surface area contributed by atoms with Gasteiger partial charge in [0.05, 0.1) is 13.0 Å². The first-order valence-corrected chi connectivity index (χ1v) is 5.26. The maximum atomic E-state index is 11.5. The zero-order valence-corrected chi connectivity index (χ0v) is 9.45. The summed E-state index contributed by atoms with van der Waals surface area (Å²) >= 11 is 0. The summed E-state index contributed by atoms with van der Waals surface area (Å²) in [5, 5.41) is 2.64. The summed E-state index contributed by atoms with van der Waals surface area (Å²) in [6, 6.07) is 5.66. The van der Waals surface area contributed by atoms with Gasteiger partial charge in [-0.25, -0.2) is 0 Å². The first-order chi connectivity index (χ1) is 7.74. The number of methoxy groups -OCH3 is 1. The average Bonchev–Trinajstić information content (AvgIpc) is 2.36. The van der Waals surface area contributed by atoms with Gasteiger partial charge in [0.25, 0.3) is 0 Å². The molecule has 86 valence electrons. The van der Waals surface area contributed by atoms with Gasteiger partial charge in [0.2, 0.25) is 5.91 Å². The Balaban J connectivity index is 2.21. The third-order valence-corrected chi connectivity index (χ3v) is 2.79.